The van der Waals surface area contributed by atoms with Gasteiger partial charge in [-0.3, -0.25) is 14.4 Å². The molecule has 0 aliphatic rings. The maximum atomic E-state index is 12.4. The van der Waals surface area contributed by atoms with Crippen molar-refractivity contribution < 1.29 is 23.9 Å². The zero-order chi connectivity index (χ0) is 18.7. The molecule has 0 saturated carbocycles. The van der Waals surface area contributed by atoms with E-state index in [1.807, 2.05) is 0 Å². The van der Waals surface area contributed by atoms with Crippen LogP contribution in [0.15, 0.2) is 24.3 Å². The van der Waals surface area contributed by atoms with E-state index in [9.17, 15) is 14.4 Å². The van der Waals surface area contributed by atoms with Crippen LogP contribution in [0.3, 0.4) is 0 Å². The lowest BCUT2D eigenvalue weighted by atomic mass is 10.3. The number of carbonyl (C=O) groups excluding carboxylic acids is 3. The van der Waals surface area contributed by atoms with E-state index in [-0.39, 0.29) is 31.4 Å². The number of nitrogens with zero attached hydrogens (tertiary/aromatic N) is 1. The molecule has 0 heterocycles. The molecule has 7 nitrogen and oxygen atoms in total. The predicted octanol–water partition coefficient (Wildman–Crippen LogP) is 1.64. The van der Waals surface area contributed by atoms with Crippen molar-refractivity contribution in [1.29, 1.82) is 0 Å². The van der Waals surface area contributed by atoms with Crippen molar-refractivity contribution in [2.24, 2.45) is 0 Å². The molecule has 25 heavy (non-hydrogen) atoms. The lowest BCUT2D eigenvalue weighted by Gasteiger charge is -2.22. The molecule has 0 radical (unpaired) electrons. The SMILES string of the molecule is COC(=O)CCN(CCCNC(C)=O)C(=O)COc1ccccc1Cl. The van der Waals surface area contributed by atoms with E-state index < -0.39 is 5.97 Å². The van der Waals surface area contributed by atoms with Crippen molar-refractivity contribution in [2.45, 2.75) is 19.8 Å². The van der Waals surface area contributed by atoms with Crippen LogP contribution in [0.1, 0.15) is 19.8 Å². The van der Waals surface area contributed by atoms with Gasteiger partial charge in [0, 0.05) is 26.6 Å². The third-order valence-electron chi connectivity index (χ3n) is 3.33. The minimum absolute atomic E-state index is 0.0917. The molecule has 8 heteroatoms. The fraction of sp³-hybridized carbons (Fsp3) is 0.471. The second-order valence-corrected chi connectivity index (χ2v) is 5.67. The first-order chi connectivity index (χ1) is 11.9. The number of amides is 2. The number of carbonyl (C=O) groups is 3. The van der Waals surface area contributed by atoms with Gasteiger partial charge in [-0.1, -0.05) is 23.7 Å². The van der Waals surface area contributed by atoms with Gasteiger partial charge in [-0.25, -0.2) is 0 Å². The summed E-state index contributed by atoms with van der Waals surface area (Å²) in [5.74, 6) is -0.378. The van der Waals surface area contributed by atoms with E-state index in [1.54, 1.807) is 24.3 Å². The topological polar surface area (TPSA) is 84.9 Å². The van der Waals surface area contributed by atoms with Gasteiger partial charge < -0.3 is 19.7 Å². The van der Waals surface area contributed by atoms with E-state index in [4.69, 9.17) is 16.3 Å². The average molecular weight is 371 g/mol. The molecule has 1 aromatic rings. The molecule has 0 fully saturated rings. The summed E-state index contributed by atoms with van der Waals surface area (Å²) in [5.41, 5.74) is 0. The van der Waals surface area contributed by atoms with Gasteiger partial charge >= 0.3 is 5.97 Å². The molecule has 0 aliphatic heterocycles. The lowest BCUT2D eigenvalue weighted by Crippen LogP contribution is -2.38. The Labute approximate surface area is 152 Å². The molecule has 0 aliphatic carbocycles. The van der Waals surface area contributed by atoms with Crippen molar-refractivity contribution in [2.75, 3.05) is 33.4 Å². The first-order valence-corrected chi connectivity index (χ1v) is 8.28. The summed E-state index contributed by atoms with van der Waals surface area (Å²) in [7, 11) is 1.30. The van der Waals surface area contributed by atoms with Gasteiger partial charge in [0.05, 0.1) is 18.6 Å². The first kappa shape index (κ1) is 20.8. The van der Waals surface area contributed by atoms with Crippen molar-refractivity contribution in [3.05, 3.63) is 29.3 Å². The Kier molecular flexibility index (Phi) is 9.39. The summed E-state index contributed by atoms with van der Waals surface area (Å²) in [5, 5.41) is 3.08. The summed E-state index contributed by atoms with van der Waals surface area (Å²) in [6, 6.07) is 6.87. The molecule has 0 bridgehead atoms. The number of benzene rings is 1. The summed E-state index contributed by atoms with van der Waals surface area (Å²) >= 11 is 5.99. The fourth-order valence-electron chi connectivity index (χ4n) is 2.02. The Morgan fingerprint density at radius 3 is 2.56 bits per heavy atom. The second kappa shape index (κ2) is 11.3. The van der Waals surface area contributed by atoms with Gasteiger partial charge in [0.1, 0.15) is 5.75 Å². The van der Waals surface area contributed by atoms with Crippen LogP contribution in [0.4, 0.5) is 0 Å². The maximum absolute atomic E-state index is 12.4. The standard InChI is InChI=1S/C17H23ClN2O5/c1-13(21)19-9-5-10-20(11-8-17(23)24-2)16(22)12-25-15-7-4-3-6-14(15)18/h3-4,6-7H,5,8-12H2,1-2H3,(H,19,21). The van der Waals surface area contributed by atoms with E-state index in [0.717, 1.165) is 0 Å². The van der Waals surface area contributed by atoms with Crippen molar-refractivity contribution in [1.82, 2.24) is 10.2 Å². The normalized spacial score (nSPS) is 10.0. The Morgan fingerprint density at radius 2 is 1.92 bits per heavy atom. The molecule has 0 unspecified atom stereocenters. The van der Waals surface area contributed by atoms with Crippen LogP contribution in [0.2, 0.25) is 5.02 Å². The van der Waals surface area contributed by atoms with Crippen LogP contribution >= 0.6 is 11.6 Å². The molecule has 0 spiro atoms. The molecule has 1 rings (SSSR count). The lowest BCUT2D eigenvalue weighted by molar-refractivity contribution is -0.142. The molecule has 2 amide bonds. The number of nitrogens with one attached hydrogen (secondary N) is 1. The molecular weight excluding hydrogens is 348 g/mol. The molecule has 1 aromatic carbocycles. The highest BCUT2D eigenvalue weighted by Crippen LogP contribution is 2.22. The third-order valence-corrected chi connectivity index (χ3v) is 3.65. The largest absolute Gasteiger partial charge is 0.482 e. The Morgan fingerprint density at radius 1 is 1.20 bits per heavy atom. The minimum atomic E-state index is -0.397. The average Bonchev–Trinajstić information content (AvgIpc) is 2.59. The van der Waals surface area contributed by atoms with Crippen LogP contribution < -0.4 is 10.1 Å². The smallest absolute Gasteiger partial charge is 0.307 e. The fourth-order valence-corrected chi connectivity index (χ4v) is 2.21. The number of rotatable bonds is 10. The summed E-state index contributed by atoms with van der Waals surface area (Å²) in [4.78, 5) is 36.1. The number of hydrogen-bond acceptors (Lipinski definition) is 5. The summed E-state index contributed by atoms with van der Waals surface area (Å²) in [6.07, 6.45) is 0.660. The zero-order valence-corrected chi connectivity index (χ0v) is 15.2. The predicted molar refractivity (Wildman–Crippen MR) is 93.5 cm³/mol. The van der Waals surface area contributed by atoms with Gasteiger partial charge in [0.25, 0.3) is 5.91 Å². The number of halogens is 1. The molecule has 0 saturated heterocycles. The minimum Gasteiger partial charge on any atom is -0.482 e. The van der Waals surface area contributed by atoms with Gasteiger partial charge in [0.2, 0.25) is 5.91 Å². The summed E-state index contributed by atoms with van der Waals surface area (Å²) < 4.78 is 10.0. The molecule has 0 atom stereocenters. The van der Waals surface area contributed by atoms with Gasteiger partial charge in [-0.15, -0.1) is 0 Å². The second-order valence-electron chi connectivity index (χ2n) is 5.26. The van der Waals surface area contributed by atoms with E-state index >= 15 is 0 Å². The van der Waals surface area contributed by atoms with Crippen LogP contribution in [0.5, 0.6) is 5.75 Å². The monoisotopic (exact) mass is 370 g/mol. The highest BCUT2D eigenvalue weighted by atomic mass is 35.5. The van der Waals surface area contributed by atoms with Crippen LogP contribution in [0, 0.1) is 0 Å². The van der Waals surface area contributed by atoms with E-state index in [0.29, 0.717) is 30.3 Å². The highest BCUT2D eigenvalue weighted by Gasteiger charge is 2.16. The molecule has 0 aromatic heterocycles. The van der Waals surface area contributed by atoms with Crippen molar-refractivity contribution in [3.63, 3.8) is 0 Å². The molecule has 1 N–H and O–H groups in total. The van der Waals surface area contributed by atoms with Crippen LogP contribution in [-0.4, -0.2) is 56.0 Å². The Hall–Kier alpha value is -2.28. The van der Waals surface area contributed by atoms with Gasteiger partial charge in [0.15, 0.2) is 6.61 Å². The number of ether oxygens (including phenoxy) is 2. The highest BCUT2D eigenvalue weighted by molar-refractivity contribution is 6.32. The number of para-hydroxylation sites is 1. The van der Waals surface area contributed by atoms with Gasteiger partial charge in [-0.05, 0) is 18.6 Å². The number of methoxy groups -OCH3 is 1. The summed E-state index contributed by atoms with van der Waals surface area (Å²) in [6.45, 7) is 2.30. The van der Waals surface area contributed by atoms with E-state index in [1.165, 1.54) is 18.9 Å². The Bertz CT molecular complexity index is 594. The third kappa shape index (κ3) is 8.39. The molecule has 138 valence electrons. The van der Waals surface area contributed by atoms with E-state index in [2.05, 4.69) is 10.1 Å². The maximum Gasteiger partial charge on any atom is 0.307 e. The quantitative estimate of drug-likeness (QED) is 0.500. The Balaban J connectivity index is 2.55. The first-order valence-electron chi connectivity index (χ1n) is 7.90. The number of esters is 1. The van der Waals surface area contributed by atoms with Crippen LogP contribution in [0.25, 0.3) is 0 Å². The number of hydrogen-bond donors (Lipinski definition) is 1. The van der Waals surface area contributed by atoms with Gasteiger partial charge in [-0.2, -0.15) is 0 Å². The van der Waals surface area contributed by atoms with Crippen molar-refractivity contribution in [3.8, 4) is 5.75 Å². The van der Waals surface area contributed by atoms with Crippen molar-refractivity contribution >= 4 is 29.4 Å². The molecular formula is C17H23ClN2O5. The van der Waals surface area contributed by atoms with Crippen LogP contribution in [-0.2, 0) is 19.1 Å². The zero-order valence-electron chi connectivity index (χ0n) is 14.4.